The first kappa shape index (κ1) is 30.1. The van der Waals surface area contributed by atoms with Crippen LogP contribution in [0.5, 0.6) is 0 Å². The summed E-state index contributed by atoms with van der Waals surface area (Å²) in [5.41, 5.74) is 4.71. The lowest BCUT2D eigenvalue weighted by molar-refractivity contribution is -0.142. The second kappa shape index (κ2) is 11.4. The number of nitrogens with one attached hydrogen (secondary N) is 1. The molecule has 10 nitrogen and oxygen atoms in total. The van der Waals surface area contributed by atoms with Gasteiger partial charge in [0.15, 0.2) is 0 Å². The lowest BCUT2D eigenvalue weighted by Crippen LogP contribution is -2.59. The van der Waals surface area contributed by atoms with Crippen LogP contribution in [0.2, 0.25) is 0 Å². The lowest BCUT2D eigenvalue weighted by atomic mass is 10.0. The van der Waals surface area contributed by atoms with E-state index in [4.69, 9.17) is 10.5 Å². The molecule has 0 aromatic carbocycles. The van der Waals surface area contributed by atoms with Crippen molar-refractivity contribution in [3.05, 3.63) is 12.2 Å². The van der Waals surface area contributed by atoms with E-state index in [-0.39, 0.29) is 18.2 Å². The highest BCUT2D eigenvalue weighted by Crippen LogP contribution is 2.50. The van der Waals surface area contributed by atoms with Crippen molar-refractivity contribution in [1.29, 1.82) is 0 Å². The Morgan fingerprint density at radius 2 is 1.79 bits per heavy atom. The fraction of sp³-hybridized carbons (Fsp3) is 0.778. The van der Waals surface area contributed by atoms with Crippen LogP contribution in [-0.4, -0.2) is 71.8 Å². The van der Waals surface area contributed by atoms with Crippen LogP contribution in [0.15, 0.2) is 12.2 Å². The van der Waals surface area contributed by atoms with Gasteiger partial charge in [-0.3, -0.25) is 13.8 Å². The SMILES string of the molecule is CC(C)(C)OC(=O)N(C(N)=O)[C@H]1CCCCC/C=C\[C@@H]2C[C@]2([S@@](=O)C(C)(C)C)NC(=O)[C@@H]2CCCN2C1=O. The van der Waals surface area contributed by atoms with E-state index < -0.39 is 56.1 Å². The maximum Gasteiger partial charge on any atom is 0.419 e. The van der Waals surface area contributed by atoms with Gasteiger partial charge in [-0.1, -0.05) is 25.0 Å². The molecule has 0 unspecified atom stereocenters. The number of carbonyl (C=O) groups excluding carboxylic acids is 4. The molecule has 214 valence electrons. The number of nitrogens with zero attached hydrogens (tertiary/aromatic N) is 2. The van der Waals surface area contributed by atoms with E-state index in [1.54, 1.807) is 20.8 Å². The predicted octanol–water partition coefficient (Wildman–Crippen LogP) is 3.56. The molecule has 3 aliphatic rings. The summed E-state index contributed by atoms with van der Waals surface area (Å²) in [6.07, 6.45) is 7.98. The molecular formula is C27H44N4O6S. The van der Waals surface area contributed by atoms with Crippen molar-refractivity contribution >= 4 is 34.7 Å². The Hall–Kier alpha value is -2.43. The van der Waals surface area contributed by atoms with Gasteiger partial charge in [-0.05, 0) is 80.1 Å². The van der Waals surface area contributed by atoms with Crippen LogP contribution in [-0.2, 0) is 25.1 Å². The topological polar surface area (TPSA) is 139 Å². The second-order valence-electron chi connectivity index (χ2n) is 12.5. The van der Waals surface area contributed by atoms with Crippen LogP contribution < -0.4 is 11.1 Å². The number of nitrogens with two attached hydrogens (primary N) is 1. The predicted molar refractivity (Wildman–Crippen MR) is 145 cm³/mol. The molecule has 38 heavy (non-hydrogen) atoms. The van der Waals surface area contributed by atoms with Gasteiger partial charge in [0.1, 0.15) is 22.6 Å². The van der Waals surface area contributed by atoms with Crippen molar-refractivity contribution in [3.8, 4) is 0 Å². The molecule has 0 spiro atoms. The van der Waals surface area contributed by atoms with Gasteiger partial charge in [0.25, 0.3) is 0 Å². The first-order valence-corrected chi connectivity index (χ1v) is 14.8. The number of amides is 5. The van der Waals surface area contributed by atoms with Gasteiger partial charge in [0.2, 0.25) is 11.8 Å². The average molecular weight is 553 g/mol. The van der Waals surface area contributed by atoms with Crippen molar-refractivity contribution < 1.29 is 28.1 Å². The van der Waals surface area contributed by atoms with Crippen LogP contribution in [0.1, 0.15) is 92.9 Å². The second-order valence-corrected chi connectivity index (χ2v) is 15.0. The maximum absolute atomic E-state index is 13.9. The number of hydrogen-bond donors (Lipinski definition) is 2. The van der Waals surface area contributed by atoms with E-state index in [2.05, 4.69) is 17.5 Å². The molecule has 0 aromatic heterocycles. The molecule has 2 heterocycles. The van der Waals surface area contributed by atoms with Gasteiger partial charge in [0, 0.05) is 17.2 Å². The molecule has 0 radical (unpaired) electrons. The number of hydrogen-bond acceptors (Lipinski definition) is 6. The monoisotopic (exact) mass is 552 g/mol. The molecule has 11 heteroatoms. The number of fused-ring (bicyclic) bond motifs is 2. The Balaban J connectivity index is 1.95. The Labute approximate surface area is 228 Å². The summed E-state index contributed by atoms with van der Waals surface area (Å²) in [6, 6.07) is -3.04. The third-order valence-corrected chi connectivity index (χ3v) is 9.51. The fourth-order valence-corrected chi connectivity index (χ4v) is 7.28. The van der Waals surface area contributed by atoms with Crippen molar-refractivity contribution in [2.24, 2.45) is 11.7 Å². The van der Waals surface area contributed by atoms with Gasteiger partial charge in [-0.15, -0.1) is 0 Å². The highest BCUT2D eigenvalue weighted by atomic mass is 32.2. The third-order valence-electron chi connectivity index (χ3n) is 7.16. The first-order valence-electron chi connectivity index (χ1n) is 13.6. The van der Waals surface area contributed by atoms with Gasteiger partial charge < -0.3 is 20.7 Å². The molecule has 0 aromatic rings. The van der Waals surface area contributed by atoms with Crippen molar-refractivity contribution in [3.63, 3.8) is 0 Å². The van der Waals surface area contributed by atoms with Crippen LogP contribution in [0, 0.1) is 5.92 Å². The minimum atomic E-state index is -1.36. The van der Waals surface area contributed by atoms with E-state index in [9.17, 15) is 23.4 Å². The number of rotatable bonds is 2. The van der Waals surface area contributed by atoms with Crippen LogP contribution in [0.4, 0.5) is 9.59 Å². The molecule has 1 aliphatic carbocycles. The Morgan fingerprint density at radius 1 is 1.11 bits per heavy atom. The van der Waals surface area contributed by atoms with Crippen molar-refractivity contribution in [2.75, 3.05) is 6.54 Å². The summed E-state index contributed by atoms with van der Waals surface area (Å²) < 4.78 is 18.4. The van der Waals surface area contributed by atoms with E-state index in [1.165, 1.54) is 4.90 Å². The highest BCUT2D eigenvalue weighted by Gasteiger charge is 2.62. The number of imide groups is 1. The molecule has 1 saturated heterocycles. The first-order chi connectivity index (χ1) is 17.6. The number of allylic oxidation sites excluding steroid dienone is 1. The van der Waals surface area contributed by atoms with Crippen molar-refractivity contribution in [1.82, 2.24) is 15.1 Å². The summed E-state index contributed by atoms with van der Waals surface area (Å²) in [7, 11) is -1.36. The van der Waals surface area contributed by atoms with E-state index in [0.29, 0.717) is 37.1 Å². The van der Waals surface area contributed by atoms with E-state index >= 15 is 0 Å². The number of urea groups is 1. The molecule has 3 N–H and O–H groups in total. The summed E-state index contributed by atoms with van der Waals surface area (Å²) in [5, 5.41) is 3.07. The Morgan fingerprint density at radius 3 is 2.39 bits per heavy atom. The summed E-state index contributed by atoms with van der Waals surface area (Å²) in [4.78, 5) is 54.3. The Bertz CT molecular complexity index is 1000. The molecule has 1 saturated carbocycles. The zero-order chi connectivity index (χ0) is 28.5. The van der Waals surface area contributed by atoms with Gasteiger partial charge in [-0.2, -0.15) is 0 Å². The summed E-state index contributed by atoms with van der Waals surface area (Å²) in [6.45, 7) is 11.0. The van der Waals surface area contributed by atoms with Gasteiger partial charge in [-0.25, -0.2) is 14.5 Å². The smallest absolute Gasteiger partial charge is 0.419 e. The standard InChI is InChI=1S/C27H44N4O6S/c1-25(2,3)37-24(35)31(23(28)34)20-14-11-9-7-8-10-13-18-17-27(18,38(36)26(4,5)6)29-21(32)19-15-12-16-30(19)22(20)33/h10,13,18-20H,7-9,11-12,14-17H2,1-6H3,(H2,28,34)(H,29,32)/b13-10-/t18-,19+,20+,27-,38+/m1/s1. The molecule has 3 rings (SSSR count). The number of primary amides is 1. The number of carbonyl (C=O) groups is 4. The van der Waals surface area contributed by atoms with Crippen LogP contribution in [0.25, 0.3) is 0 Å². The fourth-order valence-electron chi connectivity index (χ4n) is 5.31. The van der Waals surface area contributed by atoms with E-state index in [0.717, 1.165) is 19.3 Å². The molecule has 2 aliphatic heterocycles. The van der Waals surface area contributed by atoms with Crippen molar-refractivity contribution in [2.45, 2.75) is 120 Å². The van der Waals surface area contributed by atoms with Gasteiger partial charge >= 0.3 is 12.1 Å². The molecule has 2 fully saturated rings. The maximum atomic E-state index is 13.9. The normalized spacial score (nSPS) is 30.6. The third kappa shape index (κ3) is 6.76. The summed E-state index contributed by atoms with van der Waals surface area (Å²) in [5.74, 6) is -0.896. The molecular weight excluding hydrogens is 508 g/mol. The minimum Gasteiger partial charge on any atom is -0.443 e. The average Bonchev–Trinajstić information content (AvgIpc) is 3.23. The van der Waals surface area contributed by atoms with Crippen LogP contribution in [0.3, 0.4) is 0 Å². The quantitative estimate of drug-likeness (QED) is 0.502. The zero-order valence-electron chi connectivity index (χ0n) is 23.6. The lowest BCUT2D eigenvalue weighted by Gasteiger charge is -2.35. The molecule has 5 amide bonds. The number of ether oxygens (including phenoxy) is 1. The highest BCUT2D eigenvalue weighted by molar-refractivity contribution is 7.88. The molecule has 0 bridgehead atoms. The largest absolute Gasteiger partial charge is 0.443 e. The van der Waals surface area contributed by atoms with Crippen LogP contribution >= 0.6 is 0 Å². The minimum absolute atomic E-state index is 0.0348. The summed E-state index contributed by atoms with van der Waals surface area (Å²) >= 11 is 0. The Kier molecular flexibility index (Phi) is 9.00. The van der Waals surface area contributed by atoms with E-state index in [1.807, 2.05) is 20.8 Å². The molecule has 5 atom stereocenters. The zero-order valence-corrected chi connectivity index (χ0v) is 24.4. The van der Waals surface area contributed by atoms with Gasteiger partial charge in [0.05, 0.1) is 10.8 Å².